The quantitative estimate of drug-likeness (QED) is 0.462. The maximum Gasteiger partial charge on any atom is 0.264 e. The van der Waals surface area contributed by atoms with E-state index in [2.05, 4.69) is 5.32 Å². The van der Waals surface area contributed by atoms with E-state index in [9.17, 15) is 13.2 Å². The SMILES string of the molecule is CCOc1ccc(N(CC(=O)NCc2ccco2)S(=O)(=O)c2ccc(SC)cc2)cc1. The summed E-state index contributed by atoms with van der Waals surface area (Å²) in [4.78, 5) is 13.6. The minimum atomic E-state index is -3.97. The number of carbonyl (C=O) groups excluding carboxylic acids is 1. The molecule has 0 saturated carbocycles. The van der Waals surface area contributed by atoms with Gasteiger partial charge in [-0.2, -0.15) is 0 Å². The van der Waals surface area contributed by atoms with Crippen LogP contribution in [0.2, 0.25) is 0 Å². The van der Waals surface area contributed by atoms with Crippen LogP contribution < -0.4 is 14.4 Å². The monoisotopic (exact) mass is 460 g/mol. The van der Waals surface area contributed by atoms with E-state index in [0.717, 1.165) is 9.20 Å². The Morgan fingerprint density at radius 2 is 1.81 bits per heavy atom. The minimum Gasteiger partial charge on any atom is -0.494 e. The third kappa shape index (κ3) is 5.83. The molecule has 7 nitrogen and oxygen atoms in total. The Morgan fingerprint density at radius 3 is 2.39 bits per heavy atom. The summed E-state index contributed by atoms with van der Waals surface area (Å²) in [5.41, 5.74) is 0.366. The summed E-state index contributed by atoms with van der Waals surface area (Å²) in [5.74, 6) is 0.751. The van der Waals surface area contributed by atoms with Crippen LogP contribution in [0.15, 0.2) is 81.1 Å². The zero-order valence-electron chi connectivity index (χ0n) is 17.3. The van der Waals surface area contributed by atoms with Crippen LogP contribution in [-0.2, 0) is 21.4 Å². The van der Waals surface area contributed by atoms with E-state index >= 15 is 0 Å². The number of nitrogens with zero attached hydrogens (tertiary/aromatic N) is 1. The Balaban J connectivity index is 1.87. The highest BCUT2D eigenvalue weighted by molar-refractivity contribution is 7.98. The van der Waals surface area contributed by atoms with Crippen molar-refractivity contribution in [3.63, 3.8) is 0 Å². The number of sulfonamides is 1. The van der Waals surface area contributed by atoms with E-state index in [1.165, 1.54) is 18.0 Å². The lowest BCUT2D eigenvalue weighted by molar-refractivity contribution is -0.119. The molecule has 0 aliphatic heterocycles. The van der Waals surface area contributed by atoms with Gasteiger partial charge in [0.25, 0.3) is 10.0 Å². The fourth-order valence-corrected chi connectivity index (χ4v) is 4.68. The van der Waals surface area contributed by atoms with Gasteiger partial charge in [-0.15, -0.1) is 11.8 Å². The van der Waals surface area contributed by atoms with E-state index < -0.39 is 15.9 Å². The topological polar surface area (TPSA) is 88.8 Å². The van der Waals surface area contributed by atoms with E-state index in [4.69, 9.17) is 9.15 Å². The molecular weight excluding hydrogens is 436 g/mol. The number of hydrogen-bond donors (Lipinski definition) is 1. The van der Waals surface area contributed by atoms with Gasteiger partial charge in [0, 0.05) is 4.90 Å². The molecule has 9 heteroatoms. The lowest BCUT2D eigenvalue weighted by Gasteiger charge is -2.24. The molecule has 31 heavy (non-hydrogen) atoms. The van der Waals surface area contributed by atoms with Crippen molar-refractivity contribution in [1.82, 2.24) is 5.32 Å². The Bertz CT molecular complexity index is 1080. The Hall–Kier alpha value is -2.91. The molecule has 2 aromatic carbocycles. The highest BCUT2D eigenvalue weighted by Crippen LogP contribution is 2.27. The maximum atomic E-state index is 13.4. The van der Waals surface area contributed by atoms with Gasteiger partial charge in [-0.3, -0.25) is 9.10 Å². The molecule has 0 aliphatic carbocycles. The molecule has 0 aliphatic rings. The first-order valence-electron chi connectivity index (χ1n) is 9.62. The molecule has 0 bridgehead atoms. The van der Waals surface area contributed by atoms with Crippen molar-refractivity contribution in [3.05, 3.63) is 72.7 Å². The molecule has 1 amide bonds. The van der Waals surface area contributed by atoms with Crippen LogP contribution in [-0.4, -0.2) is 33.7 Å². The second-order valence-electron chi connectivity index (χ2n) is 6.47. The molecule has 3 rings (SSSR count). The summed E-state index contributed by atoms with van der Waals surface area (Å²) in [6.07, 6.45) is 3.43. The van der Waals surface area contributed by atoms with E-state index in [1.54, 1.807) is 60.7 Å². The first-order chi connectivity index (χ1) is 14.9. The third-order valence-corrected chi connectivity index (χ3v) is 6.94. The van der Waals surface area contributed by atoms with Gasteiger partial charge >= 0.3 is 0 Å². The Kier molecular flexibility index (Phi) is 7.64. The number of rotatable bonds is 10. The van der Waals surface area contributed by atoms with Gasteiger partial charge in [0.1, 0.15) is 18.1 Å². The summed E-state index contributed by atoms with van der Waals surface area (Å²) in [6.45, 7) is 2.16. The van der Waals surface area contributed by atoms with Crippen molar-refractivity contribution in [2.45, 2.75) is 23.3 Å². The van der Waals surface area contributed by atoms with Gasteiger partial charge < -0.3 is 14.5 Å². The lowest BCUT2D eigenvalue weighted by atomic mass is 10.3. The fourth-order valence-electron chi connectivity index (χ4n) is 2.85. The summed E-state index contributed by atoms with van der Waals surface area (Å²) in [5, 5.41) is 2.69. The Morgan fingerprint density at radius 1 is 1.10 bits per heavy atom. The molecule has 0 spiro atoms. The molecule has 1 heterocycles. The molecule has 0 radical (unpaired) electrons. The number of anilines is 1. The standard InChI is InChI=1S/C22H24N2O5S2/c1-3-28-18-8-6-17(7-9-18)24(16-22(25)23-15-19-5-4-14-29-19)31(26,27)21-12-10-20(30-2)11-13-21/h4-14H,3,15-16H2,1-2H3,(H,23,25). The summed E-state index contributed by atoms with van der Waals surface area (Å²) in [7, 11) is -3.97. The molecule has 0 atom stereocenters. The highest BCUT2D eigenvalue weighted by atomic mass is 32.2. The second kappa shape index (κ2) is 10.4. The first-order valence-corrected chi connectivity index (χ1v) is 12.3. The second-order valence-corrected chi connectivity index (χ2v) is 9.21. The van der Waals surface area contributed by atoms with Crippen molar-refractivity contribution in [2.75, 3.05) is 23.7 Å². The van der Waals surface area contributed by atoms with Crippen molar-refractivity contribution in [1.29, 1.82) is 0 Å². The third-order valence-electron chi connectivity index (χ3n) is 4.41. The molecular formula is C22H24N2O5S2. The molecule has 0 saturated heterocycles. The van der Waals surface area contributed by atoms with E-state index in [1.807, 2.05) is 13.2 Å². The fraction of sp³-hybridized carbons (Fsp3) is 0.227. The van der Waals surface area contributed by atoms with Crippen molar-refractivity contribution in [3.8, 4) is 5.75 Å². The maximum absolute atomic E-state index is 13.4. The van der Waals surface area contributed by atoms with Gasteiger partial charge in [0.2, 0.25) is 5.91 Å². The van der Waals surface area contributed by atoms with E-state index in [-0.39, 0.29) is 18.0 Å². The van der Waals surface area contributed by atoms with Crippen LogP contribution >= 0.6 is 11.8 Å². The van der Waals surface area contributed by atoms with Crippen LogP contribution in [0.5, 0.6) is 5.75 Å². The minimum absolute atomic E-state index is 0.109. The highest BCUT2D eigenvalue weighted by Gasteiger charge is 2.27. The van der Waals surface area contributed by atoms with Crippen LogP contribution in [0.3, 0.4) is 0 Å². The van der Waals surface area contributed by atoms with Gasteiger partial charge in [-0.25, -0.2) is 8.42 Å². The number of nitrogens with one attached hydrogen (secondary N) is 1. The van der Waals surface area contributed by atoms with Crippen molar-refractivity contribution in [2.24, 2.45) is 0 Å². The zero-order valence-corrected chi connectivity index (χ0v) is 18.9. The first kappa shape index (κ1) is 22.8. The van der Waals surface area contributed by atoms with Crippen LogP contribution in [0, 0.1) is 0 Å². The average molecular weight is 461 g/mol. The number of amides is 1. The number of thioether (sulfide) groups is 1. The van der Waals surface area contributed by atoms with Crippen LogP contribution in [0.1, 0.15) is 12.7 Å². The van der Waals surface area contributed by atoms with Crippen molar-refractivity contribution >= 4 is 33.4 Å². The zero-order chi connectivity index (χ0) is 22.3. The molecule has 0 unspecified atom stereocenters. The largest absolute Gasteiger partial charge is 0.494 e. The van der Waals surface area contributed by atoms with Gasteiger partial charge in [0.15, 0.2) is 0 Å². The molecule has 0 fully saturated rings. The van der Waals surface area contributed by atoms with Crippen LogP contribution in [0.4, 0.5) is 5.69 Å². The smallest absolute Gasteiger partial charge is 0.264 e. The summed E-state index contributed by atoms with van der Waals surface area (Å²) < 4.78 is 38.5. The van der Waals surface area contributed by atoms with E-state index in [0.29, 0.717) is 23.8 Å². The molecule has 3 aromatic rings. The molecule has 1 N–H and O–H groups in total. The average Bonchev–Trinajstić information content (AvgIpc) is 3.31. The van der Waals surface area contributed by atoms with Gasteiger partial charge in [-0.1, -0.05) is 0 Å². The van der Waals surface area contributed by atoms with Crippen LogP contribution in [0.25, 0.3) is 0 Å². The van der Waals surface area contributed by atoms with Crippen molar-refractivity contribution < 1.29 is 22.4 Å². The number of ether oxygens (including phenoxy) is 1. The molecule has 1 aromatic heterocycles. The summed E-state index contributed by atoms with van der Waals surface area (Å²) >= 11 is 1.52. The van der Waals surface area contributed by atoms with Gasteiger partial charge in [0.05, 0.1) is 30.0 Å². The predicted octanol–water partition coefficient (Wildman–Crippen LogP) is 3.91. The number of carbonyl (C=O) groups is 1. The number of furan rings is 1. The normalized spacial score (nSPS) is 11.2. The Labute approximate surface area is 186 Å². The molecule has 164 valence electrons. The predicted molar refractivity (Wildman–Crippen MR) is 121 cm³/mol. The summed E-state index contributed by atoms with van der Waals surface area (Å²) in [6, 6.07) is 16.6. The number of benzene rings is 2. The van der Waals surface area contributed by atoms with Gasteiger partial charge in [-0.05, 0) is 73.8 Å². The lowest BCUT2D eigenvalue weighted by Crippen LogP contribution is -2.40. The number of hydrogen-bond acceptors (Lipinski definition) is 6.